The average Bonchev–Trinajstić information content (AvgIpc) is 3.22. The van der Waals surface area contributed by atoms with E-state index in [-0.39, 0.29) is 11.8 Å². The topological polar surface area (TPSA) is 85.8 Å². The first kappa shape index (κ1) is 19.5. The lowest BCUT2D eigenvalue weighted by molar-refractivity contribution is -0.117. The first-order valence-corrected chi connectivity index (χ1v) is 9.74. The maximum atomic E-state index is 13.0. The molecule has 150 valence electrons. The minimum atomic E-state index is -0.742. The number of benzene rings is 3. The van der Waals surface area contributed by atoms with Crippen LogP contribution in [0.2, 0.25) is 0 Å². The molecule has 1 atom stereocenters. The van der Waals surface area contributed by atoms with Crippen LogP contribution in [0.25, 0.3) is 11.4 Å². The molecule has 0 aliphatic carbocycles. The number of carbonyl (C=O) groups excluding carboxylic acids is 1. The van der Waals surface area contributed by atoms with E-state index in [0.29, 0.717) is 5.69 Å². The maximum absolute atomic E-state index is 13.0. The van der Waals surface area contributed by atoms with Crippen molar-refractivity contribution < 1.29 is 4.79 Å². The summed E-state index contributed by atoms with van der Waals surface area (Å²) in [6, 6.07) is 26.5. The zero-order chi connectivity index (χ0) is 20.9. The highest BCUT2D eigenvalue weighted by Crippen LogP contribution is 2.28. The SMILES string of the molecule is Cn1cnnc1-c1ccc(NC(=O)[C@@H](N)C(c2ccccc2)c2ccccc2)cc1. The third kappa shape index (κ3) is 4.14. The Morgan fingerprint density at radius 3 is 1.97 bits per heavy atom. The van der Waals surface area contributed by atoms with E-state index in [1.165, 1.54) is 0 Å². The molecule has 4 rings (SSSR count). The third-order valence-corrected chi connectivity index (χ3v) is 5.10. The van der Waals surface area contributed by atoms with Gasteiger partial charge >= 0.3 is 0 Å². The van der Waals surface area contributed by atoms with Crippen molar-refractivity contribution in [2.75, 3.05) is 5.32 Å². The molecule has 0 radical (unpaired) electrons. The van der Waals surface area contributed by atoms with Gasteiger partial charge in [0.05, 0.1) is 6.04 Å². The molecule has 0 aliphatic rings. The van der Waals surface area contributed by atoms with Crippen molar-refractivity contribution in [2.45, 2.75) is 12.0 Å². The number of nitrogens with two attached hydrogens (primary N) is 1. The van der Waals surface area contributed by atoms with Gasteiger partial charge in [-0.25, -0.2) is 0 Å². The smallest absolute Gasteiger partial charge is 0.242 e. The number of hydrogen-bond donors (Lipinski definition) is 2. The molecule has 3 aromatic carbocycles. The van der Waals surface area contributed by atoms with Crippen LogP contribution in [0, 0.1) is 0 Å². The summed E-state index contributed by atoms with van der Waals surface area (Å²) in [5.74, 6) is 0.280. The highest BCUT2D eigenvalue weighted by atomic mass is 16.2. The lowest BCUT2D eigenvalue weighted by Gasteiger charge is -2.24. The Labute approximate surface area is 175 Å². The van der Waals surface area contributed by atoms with Crippen LogP contribution in [-0.2, 0) is 11.8 Å². The number of aromatic nitrogens is 3. The summed E-state index contributed by atoms with van der Waals surface area (Å²) in [6.45, 7) is 0. The van der Waals surface area contributed by atoms with Gasteiger partial charge < -0.3 is 15.6 Å². The van der Waals surface area contributed by atoms with Gasteiger partial charge in [-0.3, -0.25) is 4.79 Å². The number of anilines is 1. The molecule has 3 N–H and O–H groups in total. The fraction of sp³-hybridized carbons (Fsp3) is 0.125. The van der Waals surface area contributed by atoms with Gasteiger partial charge in [-0.2, -0.15) is 0 Å². The lowest BCUT2D eigenvalue weighted by Crippen LogP contribution is -2.41. The van der Waals surface area contributed by atoms with Crippen molar-refractivity contribution in [3.63, 3.8) is 0 Å². The Balaban J connectivity index is 1.55. The van der Waals surface area contributed by atoms with Crippen LogP contribution >= 0.6 is 0 Å². The number of carbonyl (C=O) groups is 1. The van der Waals surface area contributed by atoms with Crippen molar-refractivity contribution in [3.8, 4) is 11.4 Å². The van der Waals surface area contributed by atoms with Gasteiger partial charge in [0, 0.05) is 24.2 Å². The second kappa shape index (κ2) is 8.71. The highest BCUT2D eigenvalue weighted by molar-refractivity contribution is 5.96. The molecule has 30 heavy (non-hydrogen) atoms. The van der Waals surface area contributed by atoms with Gasteiger partial charge in [0.25, 0.3) is 0 Å². The summed E-state index contributed by atoms with van der Waals surface area (Å²) in [6.07, 6.45) is 1.65. The number of hydrogen-bond acceptors (Lipinski definition) is 4. The van der Waals surface area contributed by atoms with Crippen LogP contribution in [0.5, 0.6) is 0 Å². The van der Waals surface area contributed by atoms with E-state index in [0.717, 1.165) is 22.5 Å². The standard InChI is InChI=1S/C24H23N5O/c1-29-16-26-28-23(29)19-12-14-20(15-13-19)27-24(30)22(25)21(17-8-4-2-5-9-17)18-10-6-3-7-11-18/h2-16,21-22H,25H2,1H3,(H,27,30)/t22-/m0/s1. The van der Waals surface area contributed by atoms with Crippen LogP contribution in [0.15, 0.2) is 91.3 Å². The van der Waals surface area contributed by atoms with Crippen LogP contribution in [0.4, 0.5) is 5.69 Å². The normalized spacial score (nSPS) is 12.0. The van der Waals surface area contributed by atoms with Gasteiger partial charge in [0.2, 0.25) is 5.91 Å². The number of nitrogens with zero attached hydrogens (tertiary/aromatic N) is 3. The molecule has 1 amide bonds. The molecule has 0 saturated heterocycles. The zero-order valence-electron chi connectivity index (χ0n) is 16.6. The van der Waals surface area contributed by atoms with E-state index in [4.69, 9.17) is 5.73 Å². The minimum Gasteiger partial charge on any atom is -0.325 e. The number of nitrogens with one attached hydrogen (secondary N) is 1. The molecule has 0 saturated carbocycles. The molecular formula is C24H23N5O. The monoisotopic (exact) mass is 397 g/mol. The average molecular weight is 397 g/mol. The summed E-state index contributed by atoms with van der Waals surface area (Å²) in [5.41, 5.74) is 10.1. The minimum absolute atomic E-state index is 0.237. The highest BCUT2D eigenvalue weighted by Gasteiger charge is 2.27. The summed E-state index contributed by atoms with van der Waals surface area (Å²) in [7, 11) is 1.89. The van der Waals surface area contributed by atoms with Gasteiger partial charge in [0.1, 0.15) is 6.33 Å². The predicted octanol–water partition coefficient (Wildman–Crippen LogP) is 3.58. The van der Waals surface area contributed by atoms with E-state index < -0.39 is 6.04 Å². The summed E-state index contributed by atoms with van der Waals surface area (Å²) < 4.78 is 1.84. The van der Waals surface area contributed by atoms with E-state index >= 15 is 0 Å². The Hall–Kier alpha value is -3.77. The molecule has 0 bridgehead atoms. The van der Waals surface area contributed by atoms with Crippen molar-refractivity contribution in [1.82, 2.24) is 14.8 Å². The van der Waals surface area contributed by atoms with Crippen molar-refractivity contribution in [2.24, 2.45) is 12.8 Å². The van der Waals surface area contributed by atoms with Crippen LogP contribution in [0.1, 0.15) is 17.0 Å². The number of aryl methyl sites for hydroxylation is 1. The number of amides is 1. The molecule has 0 spiro atoms. The van der Waals surface area contributed by atoms with Gasteiger partial charge in [-0.1, -0.05) is 60.7 Å². The Bertz CT molecular complexity index is 1070. The maximum Gasteiger partial charge on any atom is 0.242 e. The predicted molar refractivity (Wildman–Crippen MR) is 118 cm³/mol. The fourth-order valence-corrected chi connectivity index (χ4v) is 3.55. The quantitative estimate of drug-likeness (QED) is 0.521. The molecule has 0 fully saturated rings. The van der Waals surface area contributed by atoms with E-state index in [9.17, 15) is 4.79 Å². The lowest BCUT2D eigenvalue weighted by atomic mass is 9.85. The molecule has 0 aliphatic heterocycles. The molecule has 4 aromatic rings. The summed E-state index contributed by atoms with van der Waals surface area (Å²) >= 11 is 0. The van der Waals surface area contributed by atoms with E-state index in [1.54, 1.807) is 6.33 Å². The summed E-state index contributed by atoms with van der Waals surface area (Å²) in [5, 5.41) is 10.9. The molecule has 6 heteroatoms. The van der Waals surface area contributed by atoms with E-state index in [1.807, 2.05) is 96.5 Å². The molecular weight excluding hydrogens is 374 g/mol. The van der Waals surface area contributed by atoms with Crippen LogP contribution in [-0.4, -0.2) is 26.7 Å². The second-order valence-electron chi connectivity index (χ2n) is 7.16. The molecule has 1 aromatic heterocycles. The first-order valence-electron chi connectivity index (χ1n) is 9.74. The number of rotatable bonds is 6. The third-order valence-electron chi connectivity index (χ3n) is 5.10. The van der Waals surface area contributed by atoms with Crippen LogP contribution < -0.4 is 11.1 Å². The molecule has 1 heterocycles. The molecule has 6 nitrogen and oxygen atoms in total. The van der Waals surface area contributed by atoms with Crippen molar-refractivity contribution in [1.29, 1.82) is 0 Å². The van der Waals surface area contributed by atoms with Crippen LogP contribution in [0.3, 0.4) is 0 Å². The Kier molecular flexibility index (Phi) is 5.68. The summed E-state index contributed by atoms with van der Waals surface area (Å²) in [4.78, 5) is 13.0. The first-order chi connectivity index (χ1) is 14.6. The van der Waals surface area contributed by atoms with Gasteiger partial charge in [-0.15, -0.1) is 10.2 Å². The van der Waals surface area contributed by atoms with Gasteiger partial charge in [-0.05, 0) is 35.4 Å². The van der Waals surface area contributed by atoms with Crippen molar-refractivity contribution in [3.05, 3.63) is 102 Å². The second-order valence-corrected chi connectivity index (χ2v) is 7.16. The Morgan fingerprint density at radius 1 is 0.900 bits per heavy atom. The van der Waals surface area contributed by atoms with E-state index in [2.05, 4.69) is 15.5 Å². The largest absolute Gasteiger partial charge is 0.325 e. The van der Waals surface area contributed by atoms with Gasteiger partial charge in [0.15, 0.2) is 5.82 Å². The van der Waals surface area contributed by atoms with Crippen molar-refractivity contribution >= 4 is 11.6 Å². The molecule has 0 unspecified atom stereocenters. The zero-order valence-corrected chi connectivity index (χ0v) is 16.6. The Morgan fingerprint density at radius 2 is 1.47 bits per heavy atom. The fourth-order valence-electron chi connectivity index (χ4n) is 3.55.